The molecule has 3 N–H and O–H groups in total. The number of anilines is 1. The predicted molar refractivity (Wildman–Crippen MR) is 156 cm³/mol. The molecular weight excluding hydrogens is 544 g/mol. The molecule has 3 aromatic rings. The molecule has 0 spiro atoms. The van der Waals surface area contributed by atoms with Crippen molar-refractivity contribution in [2.24, 2.45) is 11.7 Å². The summed E-state index contributed by atoms with van der Waals surface area (Å²) in [5.74, 6) is 0.0751. The summed E-state index contributed by atoms with van der Waals surface area (Å²) >= 11 is 0. The van der Waals surface area contributed by atoms with Crippen LogP contribution < -0.4 is 11.1 Å². The summed E-state index contributed by atoms with van der Waals surface area (Å²) in [6.45, 7) is 4.05. The zero-order valence-electron chi connectivity index (χ0n) is 23.5. The number of aryl methyl sites for hydroxylation is 1. The first-order valence-corrected chi connectivity index (χ1v) is 15.5. The van der Waals surface area contributed by atoms with Crippen molar-refractivity contribution in [3.8, 4) is 0 Å². The van der Waals surface area contributed by atoms with Crippen molar-refractivity contribution >= 4 is 38.6 Å². The average molecular weight is 583 g/mol. The third-order valence-electron chi connectivity index (χ3n) is 7.97. The lowest BCUT2D eigenvalue weighted by atomic mass is 9.94. The average Bonchev–Trinajstić information content (AvgIpc) is 3.54. The standard InChI is InChI=1S/C29H38N6O5S/c1-20(36)31-22-10-12-23(13-11-22)41(38,39)34-18-24(25(30)19-34)29(37)33-14-5-7-21(17-33)28-32-26-8-3-4-9-27(26)35(28)15-6-16-40-2/h3-4,8-13,21,24-25H,5-7,14-19,30H2,1-2H3,(H,31,36)/t21?,24-,25-/m1/s1. The number of sulfonamides is 1. The molecular formula is C29H38N6O5S. The van der Waals surface area contributed by atoms with Gasteiger partial charge >= 0.3 is 0 Å². The number of nitrogens with two attached hydrogens (primary N) is 1. The third kappa shape index (κ3) is 6.15. The Labute approximate surface area is 240 Å². The fraction of sp³-hybridized carbons (Fsp3) is 0.483. The second-order valence-corrected chi connectivity index (χ2v) is 12.8. The number of benzene rings is 2. The summed E-state index contributed by atoms with van der Waals surface area (Å²) < 4.78 is 35.5. The van der Waals surface area contributed by atoms with Crippen molar-refractivity contribution in [3.63, 3.8) is 0 Å². The van der Waals surface area contributed by atoms with Crippen LogP contribution in [0.15, 0.2) is 53.4 Å². The number of hydrogen-bond donors (Lipinski definition) is 2. The van der Waals surface area contributed by atoms with Crippen LogP contribution in [0, 0.1) is 5.92 Å². The van der Waals surface area contributed by atoms with Crippen molar-refractivity contribution in [3.05, 3.63) is 54.4 Å². The van der Waals surface area contributed by atoms with Crippen LogP contribution in [0.2, 0.25) is 0 Å². The van der Waals surface area contributed by atoms with Crippen LogP contribution in [0.3, 0.4) is 0 Å². The number of imidazole rings is 1. The first kappa shape index (κ1) is 29.2. The molecule has 2 saturated heterocycles. The van der Waals surface area contributed by atoms with Gasteiger partial charge < -0.3 is 25.3 Å². The van der Waals surface area contributed by atoms with E-state index >= 15 is 0 Å². The maximum absolute atomic E-state index is 13.8. The molecule has 0 saturated carbocycles. The lowest BCUT2D eigenvalue weighted by Crippen LogP contribution is -2.47. The number of nitrogens with zero attached hydrogens (tertiary/aromatic N) is 4. The zero-order valence-corrected chi connectivity index (χ0v) is 24.3. The van der Waals surface area contributed by atoms with Crippen LogP contribution in [0.4, 0.5) is 5.69 Å². The lowest BCUT2D eigenvalue weighted by molar-refractivity contribution is -0.136. The van der Waals surface area contributed by atoms with E-state index in [1.165, 1.54) is 23.4 Å². The summed E-state index contributed by atoms with van der Waals surface area (Å²) in [5.41, 5.74) is 8.91. The van der Waals surface area contributed by atoms with E-state index < -0.39 is 22.0 Å². The molecule has 220 valence electrons. The topological polar surface area (TPSA) is 140 Å². The van der Waals surface area contributed by atoms with E-state index in [0.29, 0.717) is 25.4 Å². The Kier molecular flexibility index (Phi) is 8.74. The highest BCUT2D eigenvalue weighted by Gasteiger charge is 2.43. The van der Waals surface area contributed by atoms with E-state index in [9.17, 15) is 18.0 Å². The number of para-hydroxylation sites is 2. The molecule has 2 aliphatic heterocycles. The first-order valence-electron chi connectivity index (χ1n) is 14.1. The Morgan fingerprint density at radius 2 is 1.85 bits per heavy atom. The second-order valence-electron chi connectivity index (χ2n) is 10.9. The van der Waals surface area contributed by atoms with Gasteiger partial charge in [0, 0.05) is 71.0 Å². The van der Waals surface area contributed by atoms with Crippen molar-refractivity contribution in [1.82, 2.24) is 18.8 Å². The third-order valence-corrected chi connectivity index (χ3v) is 9.82. The van der Waals surface area contributed by atoms with Gasteiger partial charge in [0.1, 0.15) is 5.82 Å². The van der Waals surface area contributed by atoms with E-state index in [1.54, 1.807) is 19.2 Å². The largest absolute Gasteiger partial charge is 0.385 e. The van der Waals surface area contributed by atoms with Gasteiger partial charge in [0.2, 0.25) is 21.8 Å². The summed E-state index contributed by atoms with van der Waals surface area (Å²) in [6, 6.07) is 13.5. The SMILES string of the molecule is COCCCn1c(C2CCCN(C(=O)[C@@H]3CN(S(=O)(=O)c4ccc(NC(C)=O)cc4)C[C@H]3N)C2)nc2ccccc21. The van der Waals surface area contributed by atoms with Crippen molar-refractivity contribution in [1.29, 1.82) is 0 Å². The Morgan fingerprint density at radius 1 is 1.10 bits per heavy atom. The minimum atomic E-state index is -3.85. The number of piperidine rings is 1. The van der Waals surface area contributed by atoms with Gasteiger partial charge in [0.15, 0.2) is 0 Å². The number of nitrogens with one attached hydrogen (secondary N) is 1. The number of methoxy groups -OCH3 is 1. The highest BCUT2D eigenvalue weighted by molar-refractivity contribution is 7.89. The van der Waals surface area contributed by atoms with Crippen LogP contribution in [0.1, 0.15) is 37.9 Å². The Hall–Kier alpha value is -3.32. The summed E-state index contributed by atoms with van der Waals surface area (Å²) in [6.07, 6.45) is 2.61. The number of amides is 2. The quantitative estimate of drug-likeness (QED) is 0.369. The van der Waals surface area contributed by atoms with Gasteiger partial charge in [-0.2, -0.15) is 4.31 Å². The Balaban J connectivity index is 1.30. The minimum absolute atomic E-state index is 0.0342. The molecule has 3 atom stereocenters. The summed E-state index contributed by atoms with van der Waals surface area (Å²) in [5, 5.41) is 2.63. The number of carbonyl (C=O) groups is 2. The van der Waals surface area contributed by atoms with Crippen LogP contribution in [-0.4, -0.2) is 84.9 Å². The van der Waals surface area contributed by atoms with E-state index in [4.69, 9.17) is 15.5 Å². The molecule has 1 unspecified atom stereocenters. The summed E-state index contributed by atoms with van der Waals surface area (Å²) in [7, 11) is -2.16. The fourth-order valence-corrected chi connectivity index (χ4v) is 7.45. The number of rotatable bonds is 9. The van der Waals surface area contributed by atoms with Gasteiger partial charge in [-0.05, 0) is 55.7 Å². The number of aromatic nitrogens is 2. The number of ether oxygens (including phenoxy) is 1. The Morgan fingerprint density at radius 3 is 2.59 bits per heavy atom. The molecule has 2 amide bonds. The molecule has 41 heavy (non-hydrogen) atoms. The van der Waals surface area contributed by atoms with E-state index in [1.807, 2.05) is 23.1 Å². The predicted octanol–water partition coefficient (Wildman–Crippen LogP) is 2.39. The normalized spacial score (nSPS) is 21.8. The lowest BCUT2D eigenvalue weighted by Gasteiger charge is -2.35. The fourth-order valence-electron chi connectivity index (χ4n) is 5.94. The van der Waals surface area contributed by atoms with Gasteiger partial charge in [-0.15, -0.1) is 0 Å². The van der Waals surface area contributed by atoms with Crippen LogP contribution in [-0.2, 0) is 30.9 Å². The minimum Gasteiger partial charge on any atom is -0.385 e. The molecule has 0 aliphatic carbocycles. The van der Waals surface area contributed by atoms with Crippen LogP contribution in [0.5, 0.6) is 0 Å². The molecule has 1 aromatic heterocycles. The maximum atomic E-state index is 13.8. The molecule has 2 fully saturated rings. The molecule has 2 aliphatic rings. The molecule has 5 rings (SSSR count). The second kappa shape index (κ2) is 12.3. The van der Waals surface area contributed by atoms with E-state index in [0.717, 1.165) is 42.7 Å². The first-order chi connectivity index (χ1) is 19.7. The van der Waals surface area contributed by atoms with Gasteiger partial charge in [0.25, 0.3) is 0 Å². The maximum Gasteiger partial charge on any atom is 0.243 e. The van der Waals surface area contributed by atoms with Crippen molar-refractivity contribution in [2.75, 3.05) is 45.2 Å². The van der Waals surface area contributed by atoms with Crippen LogP contribution >= 0.6 is 0 Å². The summed E-state index contributed by atoms with van der Waals surface area (Å²) in [4.78, 5) is 31.9. The smallest absolute Gasteiger partial charge is 0.243 e. The number of hydrogen-bond acceptors (Lipinski definition) is 7. The van der Waals surface area contributed by atoms with Gasteiger partial charge in [-0.3, -0.25) is 9.59 Å². The highest BCUT2D eigenvalue weighted by Crippen LogP contribution is 2.32. The molecule has 0 radical (unpaired) electrons. The van der Waals surface area contributed by atoms with Gasteiger partial charge in [0.05, 0.1) is 21.8 Å². The number of carbonyl (C=O) groups excluding carboxylic acids is 2. The van der Waals surface area contributed by atoms with Crippen LogP contribution in [0.25, 0.3) is 11.0 Å². The van der Waals surface area contributed by atoms with E-state index in [-0.39, 0.29) is 35.7 Å². The number of likely N-dealkylation sites (tertiary alicyclic amines) is 1. The van der Waals surface area contributed by atoms with Gasteiger partial charge in [-0.1, -0.05) is 12.1 Å². The van der Waals surface area contributed by atoms with Crippen molar-refractivity contribution in [2.45, 2.75) is 49.6 Å². The monoisotopic (exact) mass is 582 g/mol. The molecule has 12 heteroatoms. The molecule has 2 aromatic carbocycles. The highest BCUT2D eigenvalue weighted by atomic mass is 32.2. The molecule has 11 nitrogen and oxygen atoms in total. The molecule has 0 bridgehead atoms. The molecule has 3 heterocycles. The van der Waals surface area contributed by atoms with E-state index in [2.05, 4.69) is 16.0 Å². The number of fused-ring (bicyclic) bond motifs is 1. The van der Waals surface area contributed by atoms with Gasteiger partial charge in [-0.25, -0.2) is 13.4 Å². The zero-order chi connectivity index (χ0) is 29.1. The van der Waals surface area contributed by atoms with Crippen molar-refractivity contribution < 1.29 is 22.7 Å². The Bertz CT molecular complexity index is 1510.